The normalized spacial score (nSPS) is 22.8. The standard InChI is InChI=1S/C13H23N5O2/c1-9-4-11(17-14)16-12(15-9)6-18-5-10(7-19)20-13(2,3)8-18/h4,10,19H,5-8,14H2,1-3H3,(H,15,16,17). The van der Waals surface area contributed by atoms with Crippen LogP contribution in [0, 0.1) is 6.92 Å². The van der Waals surface area contributed by atoms with Crippen LogP contribution < -0.4 is 11.3 Å². The highest BCUT2D eigenvalue weighted by molar-refractivity contribution is 5.33. The van der Waals surface area contributed by atoms with Gasteiger partial charge in [0.2, 0.25) is 0 Å². The maximum atomic E-state index is 9.32. The molecule has 1 fully saturated rings. The van der Waals surface area contributed by atoms with Crippen molar-refractivity contribution in [1.82, 2.24) is 14.9 Å². The minimum atomic E-state index is -0.287. The van der Waals surface area contributed by atoms with Crippen LogP contribution in [0.2, 0.25) is 0 Å². The predicted octanol–water partition coefficient (Wildman–Crippen LogP) is 0.0423. The Morgan fingerprint density at radius 1 is 1.55 bits per heavy atom. The monoisotopic (exact) mass is 281 g/mol. The van der Waals surface area contributed by atoms with E-state index in [9.17, 15) is 5.11 Å². The molecule has 0 aromatic carbocycles. The van der Waals surface area contributed by atoms with Gasteiger partial charge in [0.05, 0.1) is 24.9 Å². The number of aliphatic hydroxyl groups is 1. The molecule has 112 valence electrons. The number of aryl methyl sites for hydroxylation is 1. The zero-order valence-corrected chi connectivity index (χ0v) is 12.3. The lowest BCUT2D eigenvalue weighted by Gasteiger charge is -2.42. The molecule has 0 radical (unpaired) electrons. The Morgan fingerprint density at radius 3 is 2.95 bits per heavy atom. The van der Waals surface area contributed by atoms with Crippen LogP contribution in [0.4, 0.5) is 5.82 Å². The molecular weight excluding hydrogens is 258 g/mol. The first-order chi connectivity index (χ1) is 9.41. The fourth-order valence-corrected chi connectivity index (χ4v) is 2.61. The summed E-state index contributed by atoms with van der Waals surface area (Å²) in [5.41, 5.74) is 3.13. The molecule has 2 rings (SSSR count). The Morgan fingerprint density at radius 2 is 2.30 bits per heavy atom. The maximum absolute atomic E-state index is 9.32. The van der Waals surface area contributed by atoms with Gasteiger partial charge in [0.15, 0.2) is 0 Å². The van der Waals surface area contributed by atoms with Crippen molar-refractivity contribution in [1.29, 1.82) is 0 Å². The molecule has 4 N–H and O–H groups in total. The smallest absolute Gasteiger partial charge is 0.145 e. The number of rotatable bonds is 4. The van der Waals surface area contributed by atoms with E-state index in [0.29, 0.717) is 24.7 Å². The molecular formula is C13H23N5O2. The van der Waals surface area contributed by atoms with E-state index in [1.807, 2.05) is 20.8 Å². The summed E-state index contributed by atoms with van der Waals surface area (Å²) >= 11 is 0. The van der Waals surface area contributed by atoms with Crippen LogP contribution in [0.3, 0.4) is 0 Å². The highest BCUT2D eigenvalue weighted by Crippen LogP contribution is 2.22. The number of morpholine rings is 1. The molecule has 1 aromatic heterocycles. The van der Waals surface area contributed by atoms with Gasteiger partial charge in [-0.25, -0.2) is 15.8 Å². The van der Waals surface area contributed by atoms with Gasteiger partial charge in [0.1, 0.15) is 11.6 Å². The van der Waals surface area contributed by atoms with Crippen molar-refractivity contribution < 1.29 is 9.84 Å². The first kappa shape index (κ1) is 15.1. The van der Waals surface area contributed by atoms with Crippen molar-refractivity contribution in [2.24, 2.45) is 5.84 Å². The average molecular weight is 281 g/mol. The van der Waals surface area contributed by atoms with Gasteiger partial charge in [0.25, 0.3) is 0 Å². The molecule has 1 unspecified atom stereocenters. The molecule has 0 spiro atoms. The van der Waals surface area contributed by atoms with Gasteiger partial charge >= 0.3 is 0 Å². The molecule has 7 heteroatoms. The Kier molecular flexibility index (Phi) is 4.54. The Bertz CT molecular complexity index is 466. The topological polar surface area (TPSA) is 96.5 Å². The molecule has 1 saturated heterocycles. The van der Waals surface area contributed by atoms with Crippen LogP contribution >= 0.6 is 0 Å². The Hall–Kier alpha value is -1.28. The lowest BCUT2D eigenvalue weighted by Crippen LogP contribution is -2.53. The first-order valence-electron chi connectivity index (χ1n) is 6.74. The van der Waals surface area contributed by atoms with Gasteiger partial charge in [-0.3, -0.25) is 4.90 Å². The van der Waals surface area contributed by atoms with E-state index >= 15 is 0 Å². The van der Waals surface area contributed by atoms with Crippen molar-refractivity contribution in [3.63, 3.8) is 0 Å². The second kappa shape index (κ2) is 6.01. The molecule has 1 aliphatic heterocycles. The minimum absolute atomic E-state index is 0.0181. The lowest BCUT2D eigenvalue weighted by atomic mass is 10.1. The Labute approximate surface area is 119 Å². The Balaban J connectivity index is 2.10. The summed E-state index contributed by atoms with van der Waals surface area (Å²) in [5.74, 6) is 6.73. The molecule has 1 aliphatic rings. The van der Waals surface area contributed by atoms with Crippen LogP contribution in [0.15, 0.2) is 6.07 Å². The third kappa shape index (κ3) is 3.86. The quantitative estimate of drug-likeness (QED) is 0.529. The number of nitrogens with zero attached hydrogens (tertiary/aromatic N) is 3. The number of hydrogen-bond acceptors (Lipinski definition) is 7. The summed E-state index contributed by atoms with van der Waals surface area (Å²) in [6.45, 7) is 8.02. The molecule has 0 saturated carbocycles. The number of hydrogen-bond donors (Lipinski definition) is 3. The van der Waals surface area contributed by atoms with Crippen LogP contribution in [0.5, 0.6) is 0 Å². The number of nitrogen functional groups attached to an aromatic ring is 1. The molecule has 0 bridgehead atoms. The largest absolute Gasteiger partial charge is 0.394 e. The van der Waals surface area contributed by atoms with Gasteiger partial charge in [0, 0.05) is 24.8 Å². The number of nitrogens with one attached hydrogen (secondary N) is 1. The van der Waals surface area contributed by atoms with Crippen molar-refractivity contribution in [2.45, 2.75) is 39.0 Å². The van der Waals surface area contributed by atoms with Crippen molar-refractivity contribution in [3.8, 4) is 0 Å². The summed E-state index contributed by atoms with van der Waals surface area (Å²) < 4.78 is 5.79. The fourth-order valence-electron chi connectivity index (χ4n) is 2.61. The van der Waals surface area contributed by atoms with E-state index in [0.717, 1.165) is 12.2 Å². The summed E-state index contributed by atoms with van der Waals surface area (Å²) in [5, 5.41) is 9.32. The van der Waals surface area contributed by atoms with Gasteiger partial charge in [-0.1, -0.05) is 0 Å². The molecule has 2 heterocycles. The summed E-state index contributed by atoms with van der Waals surface area (Å²) in [6.07, 6.45) is -0.171. The second-order valence-electron chi connectivity index (χ2n) is 5.81. The van der Waals surface area contributed by atoms with Crippen molar-refractivity contribution >= 4 is 5.82 Å². The molecule has 20 heavy (non-hydrogen) atoms. The van der Waals surface area contributed by atoms with E-state index < -0.39 is 0 Å². The third-order valence-corrected chi connectivity index (χ3v) is 3.17. The van der Waals surface area contributed by atoms with Gasteiger partial charge in [-0.15, -0.1) is 0 Å². The first-order valence-corrected chi connectivity index (χ1v) is 6.74. The van der Waals surface area contributed by atoms with Crippen molar-refractivity contribution in [3.05, 3.63) is 17.6 Å². The number of anilines is 1. The van der Waals surface area contributed by atoms with E-state index in [1.165, 1.54) is 0 Å². The zero-order chi connectivity index (χ0) is 14.8. The summed E-state index contributed by atoms with van der Waals surface area (Å²) in [7, 11) is 0. The van der Waals surface area contributed by atoms with Crippen LogP contribution in [0.1, 0.15) is 25.4 Å². The van der Waals surface area contributed by atoms with Crippen LogP contribution in [-0.4, -0.2) is 51.4 Å². The van der Waals surface area contributed by atoms with Crippen molar-refractivity contribution in [2.75, 3.05) is 25.1 Å². The number of aliphatic hydroxyl groups excluding tert-OH is 1. The van der Waals surface area contributed by atoms with E-state index in [1.54, 1.807) is 6.07 Å². The van der Waals surface area contributed by atoms with E-state index in [2.05, 4.69) is 20.3 Å². The van der Waals surface area contributed by atoms with Gasteiger partial charge in [-0.2, -0.15) is 0 Å². The fraction of sp³-hybridized carbons (Fsp3) is 0.692. The van der Waals surface area contributed by atoms with Crippen LogP contribution in [-0.2, 0) is 11.3 Å². The maximum Gasteiger partial charge on any atom is 0.145 e. The zero-order valence-electron chi connectivity index (χ0n) is 12.3. The highest BCUT2D eigenvalue weighted by Gasteiger charge is 2.33. The SMILES string of the molecule is Cc1cc(NN)nc(CN2CC(CO)OC(C)(C)C2)n1. The van der Waals surface area contributed by atoms with E-state index in [-0.39, 0.29) is 18.3 Å². The molecule has 1 aromatic rings. The lowest BCUT2D eigenvalue weighted by molar-refractivity contribution is -0.151. The molecule has 0 aliphatic carbocycles. The average Bonchev–Trinajstić information content (AvgIpc) is 2.35. The van der Waals surface area contributed by atoms with Gasteiger partial charge < -0.3 is 15.3 Å². The number of aromatic nitrogens is 2. The van der Waals surface area contributed by atoms with Gasteiger partial charge in [-0.05, 0) is 20.8 Å². The summed E-state index contributed by atoms with van der Waals surface area (Å²) in [6, 6.07) is 1.79. The molecule has 7 nitrogen and oxygen atoms in total. The van der Waals surface area contributed by atoms with Crippen LogP contribution in [0.25, 0.3) is 0 Å². The molecule has 1 atom stereocenters. The minimum Gasteiger partial charge on any atom is -0.394 e. The number of hydrazine groups is 1. The number of ether oxygens (including phenoxy) is 1. The summed E-state index contributed by atoms with van der Waals surface area (Å²) in [4.78, 5) is 11.0. The predicted molar refractivity (Wildman–Crippen MR) is 75.9 cm³/mol. The number of nitrogens with two attached hydrogens (primary N) is 1. The highest BCUT2D eigenvalue weighted by atomic mass is 16.5. The third-order valence-electron chi connectivity index (χ3n) is 3.17. The molecule has 0 amide bonds. The second-order valence-corrected chi connectivity index (χ2v) is 5.81. The van der Waals surface area contributed by atoms with E-state index in [4.69, 9.17) is 10.6 Å².